The minimum Gasteiger partial charge on any atom is -0.493 e. The highest BCUT2D eigenvalue weighted by Crippen LogP contribution is 2.36. The van der Waals surface area contributed by atoms with E-state index < -0.39 is 5.91 Å². The van der Waals surface area contributed by atoms with Gasteiger partial charge in [0.05, 0.1) is 12.1 Å². The van der Waals surface area contributed by atoms with Crippen LogP contribution in [-0.2, 0) is 11.3 Å². The van der Waals surface area contributed by atoms with Crippen LogP contribution >= 0.6 is 11.6 Å². The third-order valence-corrected chi connectivity index (χ3v) is 3.60. The van der Waals surface area contributed by atoms with Crippen LogP contribution in [0.15, 0.2) is 36.4 Å². The quantitative estimate of drug-likeness (QED) is 0.617. The maximum Gasteiger partial charge on any atom is 0.255 e. The summed E-state index contributed by atoms with van der Waals surface area (Å²) >= 11 is 6.19. The van der Waals surface area contributed by atoms with Crippen LogP contribution < -0.4 is 25.3 Å². The van der Waals surface area contributed by atoms with Crippen LogP contribution in [0.3, 0.4) is 0 Å². The van der Waals surface area contributed by atoms with Crippen molar-refractivity contribution in [2.45, 2.75) is 6.54 Å². The number of hydrogen-bond donors (Lipinski definition) is 2. The molecule has 2 aromatic carbocycles. The third kappa shape index (κ3) is 6.09. The molecule has 0 saturated carbocycles. The van der Waals surface area contributed by atoms with Crippen LogP contribution in [0.1, 0.15) is 5.56 Å². The van der Waals surface area contributed by atoms with Gasteiger partial charge in [0.2, 0.25) is 0 Å². The Kier molecular flexibility index (Phi) is 7.50. The predicted octanol–water partition coefficient (Wildman–Crippen LogP) is 2.52. The van der Waals surface area contributed by atoms with Crippen molar-refractivity contribution in [2.75, 3.05) is 26.9 Å². The molecule has 26 heavy (non-hydrogen) atoms. The summed E-state index contributed by atoms with van der Waals surface area (Å²) in [5, 5.41) is 3.50. The highest BCUT2D eigenvalue weighted by atomic mass is 35.5. The highest BCUT2D eigenvalue weighted by Gasteiger charge is 2.13. The van der Waals surface area contributed by atoms with Gasteiger partial charge in [-0.3, -0.25) is 4.79 Å². The normalized spacial score (nSPS) is 10.4. The third-order valence-electron chi connectivity index (χ3n) is 3.32. The molecule has 2 aromatic rings. The SMILES string of the molecule is COc1cc(CNCCOc2cccc(F)c2)cc(Cl)c1OCC(N)=O. The van der Waals surface area contributed by atoms with Gasteiger partial charge in [0, 0.05) is 19.2 Å². The lowest BCUT2D eigenvalue weighted by Crippen LogP contribution is -2.21. The van der Waals surface area contributed by atoms with E-state index in [9.17, 15) is 9.18 Å². The van der Waals surface area contributed by atoms with Crippen molar-refractivity contribution in [1.29, 1.82) is 0 Å². The van der Waals surface area contributed by atoms with Gasteiger partial charge in [-0.2, -0.15) is 0 Å². The predicted molar refractivity (Wildman–Crippen MR) is 96.3 cm³/mol. The van der Waals surface area contributed by atoms with E-state index >= 15 is 0 Å². The monoisotopic (exact) mass is 382 g/mol. The number of methoxy groups -OCH3 is 1. The minimum atomic E-state index is -0.604. The molecular formula is C18H20ClFN2O4. The molecule has 0 heterocycles. The fourth-order valence-corrected chi connectivity index (χ4v) is 2.48. The molecule has 8 heteroatoms. The maximum atomic E-state index is 13.0. The molecule has 2 rings (SSSR count). The Balaban J connectivity index is 1.85. The summed E-state index contributed by atoms with van der Waals surface area (Å²) in [5.74, 6) is 0.216. The largest absolute Gasteiger partial charge is 0.493 e. The molecule has 0 aliphatic rings. The molecule has 0 bridgehead atoms. The molecular weight excluding hydrogens is 363 g/mol. The van der Waals surface area contributed by atoms with E-state index in [-0.39, 0.29) is 18.2 Å². The van der Waals surface area contributed by atoms with Gasteiger partial charge < -0.3 is 25.3 Å². The highest BCUT2D eigenvalue weighted by molar-refractivity contribution is 6.32. The molecule has 6 nitrogen and oxygen atoms in total. The van der Waals surface area contributed by atoms with E-state index in [4.69, 9.17) is 31.5 Å². The Morgan fingerprint density at radius 1 is 1.27 bits per heavy atom. The summed E-state index contributed by atoms with van der Waals surface area (Å²) in [7, 11) is 1.48. The lowest BCUT2D eigenvalue weighted by Gasteiger charge is -2.14. The average Bonchev–Trinajstić information content (AvgIpc) is 2.60. The Morgan fingerprint density at radius 2 is 2.08 bits per heavy atom. The second kappa shape index (κ2) is 9.84. The summed E-state index contributed by atoms with van der Waals surface area (Å²) in [6.07, 6.45) is 0. The molecule has 0 fully saturated rings. The van der Waals surface area contributed by atoms with Gasteiger partial charge in [0.25, 0.3) is 5.91 Å². The number of benzene rings is 2. The molecule has 0 atom stereocenters. The van der Waals surface area contributed by atoms with Crippen LogP contribution in [0.5, 0.6) is 17.2 Å². The molecule has 0 spiro atoms. The smallest absolute Gasteiger partial charge is 0.255 e. The van der Waals surface area contributed by atoms with Gasteiger partial charge in [-0.25, -0.2) is 4.39 Å². The van der Waals surface area contributed by atoms with E-state index in [0.29, 0.717) is 36.2 Å². The van der Waals surface area contributed by atoms with Crippen LogP contribution in [-0.4, -0.2) is 32.8 Å². The van der Waals surface area contributed by atoms with E-state index in [1.807, 2.05) is 0 Å². The molecule has 1 amide bonds. The summed E-state index contributed by atoms with van der Waals surface area (Å²) in [6.45, 7) is 1.16. The van der Waals surface area contributed by atoms with Crippen molar-refractivity contribution in [3.05, 3.63) is 52.8 Å². The van der Waals surface area contributed by atoms with E-state index in [2.05, 4.69) is 5.32 Å². The number of ether oxygens (including phenoxy) is 3. The topological polar surface area (TPSA) is 82.8 Å². The van der Waals surface area contributed by atoms with Crippen molar-refractivity contribution in [3.63, 3.8) is 0 Å². The van der Waals surface area contributed by atoms with E-state index in [0.717, 1.165) is 5.56 Å². The first-order valence-electron chi connectivity index (χ1n) is 7.86. The Bertz CT molecular complexity index is 758. The van der Waals surface area contributed by atoms with Crippen molar-refractivity contribution in [3.8, 4) is 17.2 Å². The number of halogens is 2. The first kappa shape index (κ1) is 19.8. The van der Waals surface area contributed by atoms with Gasteiger partial charge in [0.15, 0.2) is 18.1 Å². The molecule has 0 aliphatic heterocycles. The zero-order valence-corrected chi connectivity index (χ0v) is 15.0. The van der Waals surface area contributed by atoms with E-state index in [1.165, 1.54) is 19.2 Å². The zero-order valence-electron chi connectivity index (χ0n) is 14.3. The molecule has 3 N–H and O–H groups in total. The summed E-state index contributed by atoms with van der Waals surface area (Å²) in [5.41, 5.74) is 5.93. The molecule has 0 aromatic heterocycles. The molecule has 0 unspecified atom stereocenters. The second-order valence-electron chi connectivity index (χ2n) is 5.35. The van der Waals surface area contributed by atoms with Gasteiger partial charge >= 0.3 is 0 Å². The van der Waals surface area contributed by atoms with Gasteiger partial charge in [0.1, 0.15) is 18.2 Å². The number of nitrogens with one attached hydrogen (secondary N) is 1. The number of carbonyl (C=O) groups is 1. The Morgan fingerprint density at radius 3 is 2.77 bits per heavy atom. The van der Waals surface area contributed by atoms with Crippen LogP contribution in [0, 0.1) is 5.82 Å². The first-order valence-corrected chi connectivity index (χ1v) is 8.24. The average molecular weight is 383 g/mol. The number of carbonyl (C=O) groups excluding carboxylic acids is 1. The molecule has 0 aliphatic carbocycles. The van der Waals surface area contributed by atoms with Crippen molar-refractivity contribution in [2.24, 2.45) is 5.73 Å². The Labute approximate surface area is 156 Å². The van der Waals surface area contributed by atoms with Crippen molar-refractivity contribution < 1.29 is 23.4 Å². The van der Waals surface area contributed by atoms with Crippen LogP contribution in [0.25, 0.3) is 0 Å². The van der Waals surface area contributed by atoms with Crippen LogP contribution in [0.2, 0.25) is 5.02 Å². The number of hydrogen-bond acceptors (Lipinski definition) is 5. The van der Waals surface area contributed by atoms with Crippen molar-refractivity contribution in [1.82, 2.24) is 5.32 Å². The number of rotatable bonds is 10. The lowest BCUT2D eigenvalue weighted by atomic mass is 10.2. The van der Waals surface area contributed by atoms with Crippen LogP contribution in [0.4, 0.5) is 4.39 Å². The maximum absolute atomic E-state index is 13.0. The fraction of sp³-hybridized carbons (Fsp3) is 0.278. The van der Waals surface area contributed by atoms with E-state index in [1.54, 1.807) is 24.3 Å². The zero-order chi connectivity index (χ0) is 18.9. The second-order valence-corrected chi connectivity index (χ2v) is 5.75. The van der Waals surface area contributed by atoms with Crippen molar-refractivity contribution >= 4 is 17.5 Å². The molecule has 0 saturated heterocycles. The number of primary amides is 1. The van der Waals surface area contributed by atoms with Gasteiger partial charge in [-0.15, -0.1) is 0 Å². The molecule has 0 radical (unpaired) electrons. The first-order chi connectivity index (χ1) is 12.5. The van der Waals surface area contributed by atoms with Gasteiger partial charge in [-0.05, 0) is 29.8 Å². The summed E-state index contributed by atoms with van der Waals surface area (Å²) in [6, 6.07) is 9.44. The number of amides is 1. The lowest BCUT2D eigenvalue weighted by molar-refractivity contribution is -0.119. The minimum absolute atomic E-state index is 0.270. The van der Waals surface area contributed by atoms with Gasteiger partial charge in [-0.1, -0.05) is 17.7 Å². The fourth-order valence-electron chi connectivity index (χ4n) is 2.19. The summed E-state index contributed by atoms with van der Waals surface area (Å²) in [4.78, 5) is 10.8. The molecule has 140 valence electrons. The number of nitrogens with two attached hydrogens (primary N) is 1. The summed E-state index contributed by atoms with van der Waals surface area (Å²) < 4.78 is 29.0. The Hall–Kier alpha value is -2.51. The standard InChI is InChI=1S/C18H20ClFN2O4/c1-24-16-8-12(7-15(19)18(16)26-11-17(21)23)10-22-5-6-25-14-4-2-3-13(20)9-14/h2-4,7-9,22H,5-6,10-11H2,1H3,(H2,21,23).